The van der Waals surface area contributed by atoms with E-state index in [1.165, 1.54) is 25.7 Å². The average molecular weight is 255 g/mol. The van der Waals surface area contributed by atoms with Gasteiger partial charge in [-0.05, 0) is 24.7 Å². The number of nitrogens with one attached hydrogen (secondary N) is 1. The number of carboxylic acid groups (broad SMARTS) is 1. The Bertz CT molecular complexity index is 283. The third-order valence-electron chi connectivity index (χ3n) is 3.74. The van der Waals surface area contributed by atoms with E-state index in [2.05, 4.69) is 5.32 Å². The summed E-state index contributed by atoms with van der Waals surface area (Å²) in [5.41, 5.74) is 0. The fourth-order valence-corrected chi connectivity index (χ4v) is 2.61. The Morgan fingerprint density at radius 1 is 1.28 bits per heavy atom. The van der Waals surface area contributed by atoms with Crippen LogP contribution in [0.1, 0.15) is 58.8 Å². The van der Waals surface area contributed by atoms with Crippen molar-refractivity contribution in [1.29, 1.82) is 0 Å². The number of hydrogen-bond acceptors (Lipinski definition) is 2. The van der Waals surface area contributed by atoms with Gasteiger partial charge in [0.05, 0.1) is 0 Å². The van der Waals surface area contributed by atoms with E-state index >= 15 is 0 Å². The third-order valence-corrected chi connectivity index (χ3v) is 3.74. The Kier molecular flexibility index (Phi) is 6.16. The second kappa shape index (κ2) is 7.39. The molecule has 0 aromatic rings. The SMILES string of the molecule is CC(C)[C@H](NC(=O)CCCC1CCCC1)C(=O)O. The molecule has 2 N–H and O–H groups in total. The molecule has 1 rings (SSSR count). The van der Waals surface area contributed by atoms with Gasteiger partial charge in [0.25, 0.3) is 0 Å². The number of amides is 1. The number of rotatable bonds is 7. The Hall–Kier alpha value is -1.06. The maximum Gasteiger partial charge on any atom is 0.326 e. The number of hydrogen-bond donors (Lipinski definition) is 2. The van der Waals surface area contributed by atoms with Gasteiger partial charge >= 0.3 is 5.97 Å². The van der Waals surface area contributed by atoms with Gasteiger partial charge in [-0.25, -0.2) is 4.79 Å². The molecule has 0 heterocycles. The van der Waals surface area contributed by atoms with Crippen molar-refractivity contribution in [2.45, 2.75) is 64.8 Å². The molecule has 0 bridgehead atoms. The van der Waals surface area contributed by atoms with Gasteiger partial charge in [0.1, 0.15) is 6.04 Å². The van der Waals surface area contributed by atoms with Crippen molar-refractivity contribution in [3.63, 3.8) is 0 Å². The highest BCUT2D eigenvalue weighted by Gasteiger charge is 2.23. The predicted octanol–water partition coefficient (Wildman–Crippen LogP) is 2.57. The highest BCUT2D eigenvalue weighted by Crippen LogP contribution is 2.28. The summed E-state index contributed by atoms with van der Waals surface area (Å²) < 4.78 is 0. The topological polar surface area (TPSA) is 66.4 Å². The van der Waals surface area contributed by atoms with Crippen molar-refractivity contribution in [2.75, 3.05) is 0 Å². The fourth-order valence-electron chi connectivity index (χ4n) is 2.61. The molecule has 0 radical (unpaired) electrons. The molecule has 1 aliphatic carbocycles. The average Bonchev–Trinajstić information content (AvgIpc) is 2.78. The third kappa shape index (κ3) is 5.07. The molecule has 1 fully saturated rings. The minimum absolute atomic E-state index is 0.0821. The van der Waals surface area contributed by atoms with E-state index in [1.54, 1.807) is 13.8 Å². The van der Waals surface area contributed by atoms with E-state index in [0.717, 1.165) is 18.8 Å². The number of carbonyl (C=O) groups is 2. The lowest BCUT2D eigenvalue weighted by Gasteiger charge is -2.18. The molecule has 0 aromatic carbocycles. The highest BCUT2D eigenvalue weighted by molar-refractivity contribution is 5.83. The van der Waals surface area contributed by atoms with Gasteiger partial charge in [-0.15, -0.1) is 0 Å². The monoisotopic (exact) mass is 255 g/mol. The van der Waals surface area contributed by atoms with Crippen molar-refractivity contribution in [3.05, 3.63) is 0 Å². The quantitative estimate of drug-likeness (QED) is 0.734. The van der Waals surface area contributed by atoms with Crippen LogP contribution in [-0.4, -0.2) is 23.0 Å². The summed E-state index contributed by atoms with van der Waals surface area (Å²) >= 11 is 0. The summed E-state index contributed by atoms with van der Waals surface area (Å²) in [5, 5.41) is 11.6. The van der Waals surface area contributed by atoms with E-state index in [4.69, 9.17) is 5.11 Å². The number of carbonyl (C=O) groups excluding carboxylic acids is 1. The van der Waals surface area contributed by atoms with E-state index in [9.17, 15) is 9.59 Å². The van der Waals surface area contributed by atoms with Crippen LogP contribution in [0, 0.1) is 11.8 Å². The molecule has 1 amide bonds. The van der Waals surface area contributed by atoms with Crippen molar-refractivity contribution < 1.29 is 14.7 Å². The standard InChI is InChI=1S/C14H25NO3/c1-10(2)13(14(17)18)15-12(16)9-5-8-11-6-3-4-7-11/h10-11,13H,3-9H2,1-2H3,(H,15,16)(H,17,18)/t13-/m0/s1. The summed E-state index contributed by atoms with van der Waals surface area (Å²) in [6, 6.07) is -0.760. The smallest absolute Gasteiger partial charge is 0.326 e. The molecule has 4 heteroatoms. The Balaban J connectivity index is 2.21. The maximum absolute atomic E-state index is 11.7. The van der Waals surface area contributed by atoms with E-state index in [1.807, 2.05) is 0 Å². The lowest BCUT2D eigenvalue weighted by Crippen LogP contribution is -2.44. The fraction of sp³-hybridized carbons (Fsp3) is 0.857. The largest absolute Gasteiger partial charge is 0.480 e. The zero-order chi connectivity index (χ0) is 13.5. The van der Waals surface area contributed by atoms with Crippen molar-refractivity contribution >= 4 is 11.9 Å². The van der Waals surface area contributed by atoms with Crippen LogP contribution in [0.2, 0.25) is 0 Å². The molecule has 0 spiro atoms. The molecule has 0 unspecified atom stereocenters. The van der Waals surface area contributed by atoms with E-state index in [-0.39, 0.29) is 11.8 Å². The molecular weight excluding hydrogens is 230 g/mol. The van der Waals surface area contributed by atoms with Gasteiger partial charge in [-0.1, -0.05) is 39.5 Å². The van der Waals surface area contributed by atoms with Crippen LogP contribution >= 0.6 is 0 Å². The van der Waals surface area contributed by atoms with Gasteiger partial charge in [0, 0.05) is 6.42 Å². The van der Waals surface area contributed by atoms with Crippen LogP contribution in [0.5, 0.6) is 0 Å². The molecular formula is C14H25NO3. The summed E-state index contributed by atoms with van der Waals surface area (Å²) in [6.07, 6.45) is 7.67. The second-order valence-electron chi connectivity index (χ2n) is 5.67. The first kappa shape index (κ1) is 15.0. The molecule has 0 saturated heterocycles. The molecule has 0 aliphatic heterocycles. The zero-order valence-electron chi connectivity index (χ0n) is 11.4. The summed E-state index contributed by atoms with van der Waals surface area (Å²) in [6.45, 7) is 3.61. The first-order chi connectivity index (χ1) is 8.50. The Morgan fingerprint density at radius 2 is 1.89 bits per heavy atom. The summed E-state index contributed by atoms with van der Waals surface area (Å²) in [4.78, 5) is 22.6. The minimum Gasteiger partial charge on any atom is -0.480 e. The molecule has 1 atom stereocenters. The van der Waals surface area contributed by atoms with Gasteiger partial charge in [0.15, 0.2) is 0 Å². The number of carboxylic acids is 1. The van der Waals surface area contributed by atoms with Gasteiger partial charge < -0.3 is 10.4 Å². The molecule has 1 aliphatic rings. The predicted molar refractivity (Wildman–Crippen MR) is 70.2 cm³/mol. The van der Waals surface area contributed by atoms with Crippen molar-refractivity contribution in [2.24, 2.45) is 11.8 Å². The van der Waals surface area contributed by atoms with Gasteiger partial charge in [-0.2, -0.15) is 0 Å². The van der Waals surface area contributed by atoms with E-state index in [0.29, 0.717) is 6.42 Å². The normalized spacial score (nSPS) is 17.9. The number of aliphatic carboxylic acids is 1. The van der Waals surface area contributed by atoms with Crippen molar-refractivity contribution in [1.82, 2.24) is 5.32 Å². The highest BCUT2D eigenvalue weighted by atomic mass is 16.4. The maximum atomic E-state index is 11.7. The van der Waals surface area contributed by atoms with Gasteiger partial charge in [-0.3, -0.25) is 4.79 Å². The first-order valence-electron chi connectivity index (χ1n) is 7.03. The summed E-state index contributed by atoms with van der Waals surface area (Å²) in [5.74, 6) is -0.373. The molecule has 1 saturated carbocycles. The molecule has 18 heavy (non-hydrogen) atoms. The van der Waals surface area contributed by atoms with Crippen LogP contribution in [0.25, 0.3) is 0 Å². The van der Waals surface area contributed by atoms with Crippen LogP contribution in [0.3, 0.4) is 0 Å². The summed E-state index contributed by atoms with van der Waals surface area (Å²) in [7, 11) is 0. The van der Waals surface area contributed by atoms with Crippen LogP contribution < -0.4 is 5.32 Å². The Labute approximate surface area is 109 Å². The molecule has 4 nitrogen and oxygen atoms in total. The molecule has 0 aromatic heterocycles. The zero-order valence-corrected chi connectivity index (χ0v) is 11.4. The van der Waals surface area contributed by atoms with Crippen LogP contribution in [0.4, 0.5) is 0 Å². The van der Waals surface area contributed by atoms with Gasteiger partial charge in [0.2, 0.25) is 5.91 Å². The minimum atomic E-state index is -0.950. The first-order valence-corrected chi connectivity index (χ1v) is 7.03. The Morgan fingerprint density at radius 3 is 2.39 bits per heavy atom. The lowest BCUT2D eigenvalue weighted by molar-refractivity contribution is -0.143. The molecule has 104 valence electrons. The van der Waals surface area contributed by atoms with E-state index < -0.39 is 12.0 Å². The van der Waals surface area contributed by atoms with Crippen LogP contribution in [-0.2, 0) is 9.59 Å². The lowest BCUT2D eigenvalue weighted by atomic mass is 10.00. The van der Waals surface area contributed by atoms with Crippen LogP contribution in [0.15, 0.2) is 0 Å². The second-order valence-corrected chi connectivity index (χ2v) is 5.67. The van der Waals surface area contributed by atoms with Crippen molar-refractivity contribution in [3.8, 4) is 0 Å².